The van der Waals surface area contributed by atoms with Gasteiger partial charge in [0, 0.05) is 13.1 Å². The fourth-order valence-electron chi connectivity index (χ4n) is 1.34. The van der Waals surface area contributed by atoms with Gasteiger partial charge in [-0.3, -0.25) is 4.90 Å². The minimum Gasteiger partial charge on any atom is -0.389 e. The maximum Gasteiger partial charge on any atom is 0.0900 e. The van der Waals surface area contributed by atoms with Crippen LogP contribution in [-0.2, 0) is 4.74 Å². The molecule has 15 heavy (non-hydrogen) atoms. The van der Waals surface area contributed by atoms with E-state index in [9.17, 15) is 5.11 Å². The molecule has 0 saturated carbocycles. The van der Waals surface area contributed by atoms with Crippen LogP contribution >= 0.6 is 0 Å². The Labute approximate surface area is 93.7 Å². The summed E-state index contributed by atoms with van der Waals surface area (Å²) < 4.78 is 5.35. The summed E-state index contributed by atoms with van der Waals surface area (Å²) in [4.78, 5) is 2.16. The number of rotatable bonds is 8. The second-order valence-electron chi connectivity index (χ2n) is 4.32. The van der Waals surface area contributed by atoms with Gasteiger partial charge in [0.1, 0.15) is 0 Å². The number of aliphatic hydroxyl groups excluding tert-OH is 1. The molecule has 90 valence electrons. The lowest BCUT2D eigenvalue weighted by Crippen LogP contribution is -2.36. The minimum atomic E-state index is -0.410. The van der Waals surface area contributed by atoms with Gasteiger partial charge in [0.25, 0.3) is 0 Å². The lowest BCUT2D eigenvalue weighted by atomic mass is 10.2. The molecule has 0 rings (SSSR count). The highest BCUT2D eigenvalue weighted by atomic mass is 16.5. The quantitative estimate of drug-likeness (QED) is 0.625. The zero-order chi connectivity index (χ0) is 11.8. The van der Waals surface area contributed by atoms with Crippen molar-refractivity contribution >= 4 is 0 Å². The van der Waals surface area contributed by atoms with Gasteiger partial charge in [-0.1, -0.05) is 19.1 Å². The highest BCUT2D eigenvalue weighted by Crippen LogP contribution is 1.99. The first-order valence-electron chi connectivity index (χ1n) is 5.62. The molecule has 0 aliphatic heterocycles. The molecule has 1 unspecified atom stereocenters. The first-order valence-corrected chi connectivity index (χ1v) is 5.62. The fraction of sp³-hybridized carbons (Fsp3) is 0.833. The zero-order valence-electron chi connectivity index (χ0n) is 10.5. The SMILES string of the molecule is C=C(C)CN(CC)CC(O)COC(C)C. The number of hydrogen-bond acceptors (Lipinski definition) is 3. The van der Waals surface area contributed by atoms with Gasteiger partial charge in [0.15, 0.2) is 0 Å². The lowest BCUT2D eigenvalue weighted by molar-refractivity contribution is -0.00684. The van der Waals surface area contributed by atoms with E-state index in [4.69, 9.17) is 4.74 Å². The van der Waals surface area contributed by atoms with Crippen molar-refractivity contribution in [2.75, 3.05) is 26.2 Å². The van der Waals surface area contributed by atoms with E-state index >= 15 is 0 Å². The van der Waals surface area contributed by atoms with Gasteiger partial charge in [-0.25, -0.2) is 0 Å². The average Bonchev–Trinajstić information content (AvgIpc) is 2.13. The second kappa shape index (κ2) is 7.85. The molecule has 0 aliphatic carbocycles. The summed E-state index contributed by atoms with van der Waals surface area (Å²) in [6, 6.07) is 0. The molecule has 3 heteroatoms. The van der Waals surface area contributed by atoms with Gasteiger partial charge >= 0.3 is 0 Å². The first-order chi connectivity index (χ1) is 6.95. The van der Waals surface area contributed by atoms with Crippen LogP contribution in [0.1, 0.15) is 27.7 Å². The number of likely N-dealkylation sites (N-methyl/N-ethyl adjacent to an activating group) is 1. The van der Waals surface area contributed by atoms with Crippen molar-refractivity contribution in [3.63, 3.8) is 0 Å². The number of ether oxygens (including phenoxy) is 1. The van der Waals surface area contributed by atoms with Crippen LogP contribution in [0.2, 0.25) is 0 Å². The maximum atomic E-state index is 9.72. The van der Waals surface area contributed by atoms with Crippen molar-refractivity contribution in [3.8, 4) is 0 Å². The topological polar surface area (TPSA) is 32.7 Å². The van der Waals surface area contributed by atoms with Crippen LogP contribution in [0.5, 0.6) is 0 Å². The first kappa shape index (κ1) is 14.6. The predicted molar refractivity (Wildman–Crippen MR) is 64.0 cm³/mol. The van der Waals surface area contributed by atoms with Crippen molar-refractivity contribution in [3.05, 3.63) is 12.2 Å². The summed E-state index contributed by atoms with van der Waals surface area (Å²) >= 11 is 0. The summed E-state index contributed by atoms with van der Waals surface area (Å²) in [5.41, 5.74) is 1.12. The number of nitrogens with zero attached hydrogens (tertiary/aromatic N) is 1. The third-order valence-corrected chi connectivity index (χ3v) is 2.03. The van der Waals surface area contributed by atoms with Crippen molar-refractivity contribution in [2.24, 2.45) is 0 Å². The smallest absolute Gasteiger partial charge is 0.0900 e. The van der Waals surface area contributed by atoms with Gasteiger partial charge in [0.2, 0.25) is 0 Å². The Morgan fingerprint density at radius 3 is 2.47 bits per heavy atom. The molecule has 0 aromatic rings. The number of aliphatic hydroxyl groups is 1. The average molecular weight is 215 g/mol. The van der Waals surface area contributed by atoms with Crippen LogP contribution in [0, 0.1) is 0 Å². The third-order valence-electron chi connectivity index (χ3n) is 2.03. The van der Waals surface area contributed by atoms with E-state index in [1.54, 1.807) is 0 Å². The monoisotopic (exact) mass is 215 g/mol. The zero-order valence-corrected chi connectivity index (χ0v) is 10.5. The highest BCUT2D eigenvalue weighted by Gasteiger charge is 2.11. The summed E-state index contributed by atoms with van der Waals surface area (Å²) in [7, 11) is 0. The third kappa shape index (κ3) is 8.60. The fourth-order valence-corrected chi connectivity index (χ4v) is 1.34. The predicted octanol–water partition coefficient (Wildman–Crippen LogP) is 1.67. The van der Waals surface area contributed by atoms with Crippen LogP contribution in [0.25, 0.3) is 0 Å². The normalized spacial score (nSPS) is 13.5. The highest BCUT2D eigenvalue weighted by molar-refractivity contribution is 4.91. The molecule has 0 bridgehead atoms. The maximum absolute atomic E-state index is 9.72. The van der Waals surface area contributed by atoms with Crippen molar-refractivity contribution in [1.82, 2.24) is 4.90 Å². The van der Waals surface area contributed by atoms with Crippen LogP contribution in [0.3, 0.4) is 0 Å². The standard InChI is InChI=1S/C12H25NO2/c1-6-13(7-10(2)3)8-12(14)9-15-11(4)5/h11-12,14H,2,6-9H2,1,3-5H3. The summed E-state index contributed by atoms with van der Waals surface area (Å²) in [6.45, 7) is 14.7. The van der Waals surface area contributed by atoms with Gasteiger partial charge in [0.05, 0.1) is 18.8 Å². The Bertz CT molecular complexity index is 180. The van der Waals surface area contributed by atoms with E-state index < -0.39 is 6.10 Å². The molecule has 0 radical (unpaired) electrons. The van der Waals surface area contributed by atoms with Crippen LogP contribution in [0.4, 0.5) is 0 Å². The van der Waals surface area contributed by atoms with Crippen LogP contribution in [0.15, 0.2) is 12.2 Å². The van der Waals surface area contributed by atoms with E-state index in [-0.39, 0.29) is 6.10 Å². The van der Waals surface area contributed by atoms with Crippen molar-refractivity contribution < 1.29 is 9.84 Å². The van der Waals surface area contributed by atoms with Crippen LogP contribution < -0.4 is 0 Å². The molecule has 1 N–H and O–H groups in total. The summed E-state index contributed by atoms with van der Waals surface area (Å²) in [6.07, 6.45) is -0.234. The van der Waals surface area contributed by atoms with Crippen molar-refractivity contribution in [1.29, 1.82) is 0 Å². The van der Waals surface area contributed by atoms with E-state index in [1.807, 2.05) is 20.8 Å². The Hall–Kier alpha value is -0.380. The van der Waals surface area contributed by atoms with Crippen molar-refractivity contribution in [2.45, 2.75) is 39.9 Å². The molecule has 0 fully saturated rings. The van der Waals surface area contributed by atoms with E-state index in [2.05, 4.69) is 18.4 Å². The molecular formula is C12H25NO2. The molecule has 0 aliphatic rings. The molecule has 0 aromatic heterocycles. The van der Waals surface area contributed by atoms with Crippen LogP contribution in [-0.4, -0.2) is 48.5 Å². The molecule has 0 spiro atoms. The summed E-state index contributed by atoms with van der Waals surface area (Å²) in [5.74, 6) is 0. The Balaban J connectivity index is 3.79. The Morgan fingerprint density at radius 1 is 1.47 bits per heavy atom. The Morgan fingerprint density at radius 2 is 2.07 bits per heavy atom. The Kier molecular flexibility index (Phi) is 7.65. The molecule has 0 aromatic carbocycles. The van der Waals surface area contributed by atoms with E-state index in [0.717, 1.165) is 18.7 Å². The number of hydrogen-bond donors (Lipinski definition) is 1. The molecular weight excluding hydrogens is 190 g/mol. The van der Waals surface area contributed by atoms with Gasteiger partial charge in [-0.15, -0.1) is 0 Å². The molecule has 3 nitrogen and oxygen atoms in total. The van der Waals surface area contributed by atoms with E-state index in [0.29, 0.717) is 13.2 Å². The molecule has 0 saturated heterocycles. The van der Waals surface area contributed by atoms with Gasteiger partial charge < -0.3 is 9.84 Å². The molecule has 0 heterocycles. The van der Waals surface area contributed by atoms with Gasteiger partial charge in [-0.2, -0.15) is 0 Å². The minimum absolute atomic E-state index is 0.177. The van der Waals surface area contributed by atoms with E-state index in [1.165, 1.54) is 0 Å². The summed E-state index contributed by atoms with van der Waals surface area (Å²) in [5, 5.41) is 9.72. The lowest BCUT2D eigenvalue weighted by Gasteiger charge is -2.24. The second-order valence-corrected chi connectivity index (χ2v) is 4.32. The molecule has 0 amide bonds. The largest absolute Gasteiger partial charge is 0.389 e. The van der Waals surface area contributed by atoms with Gasteiger partial charge in [-0.05, 0) is 27.3 Å². The molecule has 1 atom stereocenters.